The Kier molecular flexibility index (Phi) is 9.37. The van der Waals surface area contributed by atoms with Crippen molar-refractivity contribution >= 4 is 18.4 Å². The van der Waals surface area contributed by atoms with E-state index in [1.807, 2.05) is 38.4 Å². The molecular formula is C13H27N2O4PS. The van der Waals surface area contributed by atoms with Gasteiger partial charge in [0.05, 0.1) is 31.5 Å². The minimum atomic E-state index is -3.25. The maximum atomic E-state index is 11.6. The van der Waals surface area contributed by atoms with Crippen molar-refractivity contribution in [2.75, 3.05) is 24.7 Å². The lowest BCUT2D eigenvalue weighted by molar-refractivity contribution is 0.182. The lowest BCUT2D eigenvalue weighted by Gasteiger charge is -2.35. The Bertz CT molecular complexity index is 432. The molecule has 0 N–H and O–H groups in total. The lowest BCUT2D eigenvalue weighted by atomic mass is 10.3. The van der Waals surface area contributed by atoms with E-state index in [0.717, 1.165) is 0 Å². The molecule has 0 heterocycles. The summed E-state index contributed by atoms with van der Waals surface area (Å²) in [5.74, 6) is -0.266. The topological polar surface area (TPSA) is 79.6 Å². The Morgan fingerprint density at radius 1 is 1.24 bits per heavy atom. The summed E-state index contributed by atoms with van der Waals surface area (Å²) in [5, 5.41) is 8.60. The molecule has 0 radical (unpaired) electrons. The van der Waals surface area contributed by atoms with E-state index in [0.29, 0.717) is 0 Å². The minimum absolute atomic E-state index is 0.0382. The van der Waals surface area contributed by atoms with Crippen LogP contribution < -0.4 is 0 Å². The molecule has 0 aromatic carbocycles. The first-order valence-electron chi connectivity index (χ1n) is 7.66. The van der Waals surface area contributed by atoms with Crippen molar-refractivity contribution in [1.82, 2.24) is 4.67 Å². The molecule has 0 aromatic rings. The van der Waals surface area contributed by atoms with E-state index in [9.17, 15) is 8.42 Å². The Morgan fingerprint density at radius 3 is 2.29 bits per heavy atom. The van der Waals surface area contributed by atoms with E-state index in [1.54, 1.807) is 0 Å². The third-order valence-corrected chi connectivity index (χ3v) is 6.09. The van der Waals surface area contributed by atoms with Crippen molar-refractivity contribution in [2.24, 2.45) is 0 Å². The first-order chi connectivity index (χ1) is 10.2. The highest BCUT2D eigenvalue weighted by molar-refractivity contribution is 7.91. The molecule has 1 atom stereocenters. The fourth-order valence-corrected chi connectivity index (χ4v) is 3.91. The number of nitriles is 1. The monoisotopic (exact) mass is 339 g/mol. The van der Waals surface area contributed by atoms with Gasteiger partial charge in [-0.1, -0.05) is 6.90 Å². The largest absolute Gasteiger partial charge is 0.321 e. The van der Waals surface area contributed by atoms with Gasteiger partial charge in [0.2, 0.25) is 0 Å². The van der Waals surface area contributed by atoms with Crippen molar-refractivity contribution in [2.45, 2.75) is 53.1 Å². The summed E-state index contributed by atoms with van der Waals surface area (Å²) >= 11 is 0. The molecule has 8 heteroatoms. The van der Waals surface area contributed by atoms with E-state index in [-0.39, 0.29) is 50.1 Å². The first-order valence-corrected chi connectivity index (χ1v) is 9.91. The zero-order chi connectivity index (χ0) is 17.2. The number of nitrogens with zero attached hydrogens (tertiary/aromatic N) is 2. The Hall–Kier alpha value is -0.250. The lowest BCUT2D eigenvalue weighted by Crippen LogP contribution is -2.34. The summed E-state index contributed by atoms with van der Waals surface area (Å²) in [6.07, 6.45) is 0.267. The van der Waals surface area contributed by atoms with E-state index in [1.165, 1.54) is 0 Å². The van der Waals surface area contributed by atoms with E-state index < -0.39 is 18.4 Å². The summed E-state index contributed by atoms with van der Waals surface area (Å²) in [4.78, 5) is 0. The number of hydrogen-bond donors (Lipinski definition) is 0. The molecule has 0 aliphatic carbocycles. The molecule has 0 rings (SSSR count). The Balaban J connectivity index is 4.69. The van der Waals surface area contributed by atoms with Crippen LogP contribution in [0.3, 0.4) is 0 Å². The van der Waals surface area contributed by atoms with E-state index in [4.69, 9.17) is 15.7 Å². The zero-order valence-corrected chi connectivity index (χ0v) is 15.0. The molecule has 0 aliphatic rings. The normalized spacial score (nSPS) is 14.5. The van der Waals surface area contributed by atoms with Crippen LogP contribution in [0.25, 0.3) is 0 Å². The van der Waals surface area contributed by atoms with Gasteiger partial charge in [-0.15, -0.1) is 0 Å². The molecule has 0 saturated carbocycles. The van der Waals surface area contributed by atoms with Gasteiger partial charge in [0.25, 0.3) is 8.53 Å². The van der Waals surface area contributed by atoms with Gasteiger partial charge >= 0.3 is 0 Å². The summed E-state index contributed by atoms with van der Waals surface area (Å²) in [6.45, 7) is 8.23. The average Bonchev–Trinajstić information content (AvgIpc) is 2.37. The molecule has 0 saturated heterocycles. The van der Waals surface area contributed by atoms with Crippen LogP contribution in [0.2, 0.25) is 0 Å². The van der Waals surface area contributed by atoms with Gasteiger partial charge in [0.1, 0.15) is 0 Å². The van der Waals surface area contributed by atoms with Crippen molar-refractivity contribution < 1.29 is 18.8 Å². The fraction of sp³-hybridized carbons (Fsp3) is 0.923. The predicted molar refractivity (Wildman–Crippen MR) is 85.5 cm³/mol. The molecule has 0 aliphatic heterocycles. The van der Waals surface area contributed by atoms with Gasteiger partial charge in [0, 0.05) is 19.2 Å². The highest BCUT2D eigenvalue weighted by Crippen LogP contribution is 2.45. The molecule has 0 fully saturated rings. The van der Waals surface area contributed by atoms with Gasteiger partial charge < -0.3 is 9.05 Å². The molecule has 0 aromatic heterocycles. The highest BCUT2D eigenvalue weighted by atomic mass is 32.2. The standard InChI is InChI=1S/C13H27N2O4PS/c1-6-21(16,17)11-10-19-20(18-9-7-8-14)15(12(2)3)13(4)5/h12-13H,6-7,9-11H2,1-5H3/i1D. The number of sulfone groups is 1. The van der Waals surface area contributed by atoms with Crippen LogP contribution in [0.4, 0.5) is 0 Å². The molecule has 0 bridgehead atoms. The van der Waals surface area contributed by atoms with Crippen LogP contribution in [0.1, 0.15) is 42.4 Å². The van der Waals surface area contributed by atoms with Crippen LogP contribution in [0.15, 0.2) is 0 Å². The Morgan fingerprint density at radius 2 is 1.81 bits per heavy atom. The maximum Gasteiger partial charge on any atom is 0.259 e. The number of hydrogen-bond acceptors (Lipinski definition) is 6. The molecule has 124 valence electrons. The Labute approximate surface area is 131 Å². The SMILES string of the molecule is [2H]CCS(=O)(=O)CCOP(OCCC#N)N(C(C)C)C(C)C. The van der Waals surface area contributed by atoms with E-state index >= 15 is 0 Å². The second-order valence-corrected chi connectivity index (χ2v) is 8.79. The molecular weight excluding hydrogens is 311 g/mol. The van der Waals surface area contributed by atoms with Crippen molar-refractivity contribution in [1.29, 1.82) is 5.26 Å². The van der Waals surface area contributed by atoms with Crippen molar-refractivity contribution in [3.05, 3.63) is 0 Å². The molecule has 6 nitrogen and oxygen atoms in total. The highest BCUT2D eigenvalue weighted by Gasteiger charge is 2.27. The van der Waals surface area contributed by atoms with Gasteiger partial charge in [0.15, 0.2) is 9.84 Å². The number of rotatable bonds is 11. The second-order valence-electron chi connectivity index (χ2n) is 5.03. The fourth-order valence-electron chi connectivity index (χ4n) is 1.66. The van der Waals surface area contributed by atoms with Gasteiger partial charge in [-0.25, -0.2) is 13.1 Å². The molecule has 0 spiro atoms. The average molecular weight is 339 g/mol. The minimum Gasteiger partial charge on any atom is -0.321 e. The third kappa shape index (κ3) is 8.70. The summed E-state index contributed by atoms with van der Waals surface area (Å²) < 4.78 is 43.6. The smallest absolute Gasteiger partial charge is 0.259 e. The molecule has 1 unspecified atom stereocenters. The van der Waals surface area contributed by atoms with Crippen LogP contribution in [-0.4, -0.2) is 49.9 Å². The van der Waals surface area contributed by atoms with Crippen LogP contribution in [0, 0.1) is 11.3 Å². The summed E-state index contributed by atoms with van der Waals surface area (Å²) in [5.41, 5.74) is 0. The quantitative estimate of drug-likeness (QED) is 0.425. The second kappa shape index (κ2) is 10.5. The first kappa shape index (κ1) is 18.8. The maximum absolute atomic E-state index is 11.6. The van der Waals surface area contributed by atoms with Crippen molar-refractivity contribution in [3.63, 3.8) is 0 Å². The zero-order valence-electron chi connectivity index (χ0n) is 14.3. The summed E-state index contributed by atoms with van der Waals surface area (Å²) in [6, 6.07) is 2.37. The van der Waals surface area contributed by atoms with Gasteiger partial charge in [-0.3, -0.25) is 0 Å². The van der Waals surface area contributed by atoms with Gasteiger partial charge in [-0.05, 0) is 27.7 Å². The van der Waals surface area contributed by atoms with Gasteiger partial charge in [-0.2, -0.15) is 5.26 Å². The van der Waals surface area contributed by atoms with Crippen LogP contribution in [-0.2, 0) is 18.9 Å². The van der Waals surface area contributed by atoms with Crippen molar-refractivity contribution in [3.8, 4) is 6.07 Å². The molecule has 21 heavy (non-hydrogen) atoms. The molecule has 0 amide bonds. The predicted octanol–water partition coefficient (Wildman–Crippen LogP) is 2.71. The van der Waals surface area contributed by atoms with Crippen LogP contribution in [0.5, 0.6) is 0 Å². The summed E-state index contributed by atoms with van der Waals surface area (Å²) in [7, 11) is -4.65. The van der Waals surface area contributed by atoms with Crippen LogP contribution >= 0.6 is 8.53 Å². The third-order valence-electron chi connectivity index (χ3n) is 2.57. The van der Waals surface area contributed by atoms with E-state index in [2.05, 4.69) is 0 Å².